The number of hydrogen-bond donors (Lipinski definition) is 4. The molecule has 1 aliphatic heterocycles. The van der Waals surface area contributed by atoms with Crippen molar-refractivity contribution in [1.29, 1.82) is 0 Å². The Kier molecular flexibility index (Phi) is 12.2. The first-order chi connectivity index (χ1) is 17.2. The number of ether oxygens (including phenoxy) is 3. The largest absolute Gasteiger partial charge is 0.445 e. The Labute approximate surface area is 216 Å². The fourth-order valence-corrected chi connectivity index (χ4v) is 4.50. The summed E-state index contributed by atoms with van der Waals surface area (Å²) in [6.45, 7) is 3.13. The molecule has 13 nitrogen and oxygen atoms in total. The molecule has 5 N–H and O–H groups in total. The average Bonchev–Trinajstić information content (AvgIpc) is 2.84. The van der Waals surface area contributed by atoms with Crippen LogP contribution < -0.4 is 16.4 Å². The summed E-state index contributed by atoms with van der Waals surface area (Å²) in [5.41, 5.74) is 13.4. The number of halogens is 1. The molecule has 0 unspecified atom stereocenters. The highest BCUT2D eigenvalue weighted by Crippen LogP contribution is 2.31. The molecule has 1 aromatic rings. The van der Waals surface area contributed by atoms with E-state index in [2.05, 4.69) is 27.2 Å². The number of nitrogens with one attached hydrogen (secondary N) is 2. The van der Waals surface area contributed by atoms with Crippen molar-refractivity contribution in [2.24, 2.45) is 10.8 Å². The summed E-state index contributed by atoms with van der Waals surface area (Å²) in [6.07, 6.45) is -3.72. The monoisotopic (exact) mass is 542 g/mol. The van der Waals surface area contributed by atoms with Crippen LogP contribution in [0.4, 0.5) is 15.3 Å². The molecule has 3 amide bonds. The number of nitrogens with zero attached hydrogens (tertiary/aromatic N) is 3. The summed E-state index contributed by atoms with van der Waals surface area (Å²) in [5, 5.41) is 19.9. The molecule has 0 radical (unpaired) electrons. The van der Waals surface area contributed by atoms with Crippen LogP contribution in [-0.4, -0.2) is 71.9 Å². The van der Waals surface area contributed by atoms with Gasteiger partial charge in [0.15, 0.2) is 6.10 Å². The van der Waals surface area contributed by atoms with Gasteiger partial charge in [0.1, 0.15) is 24.2 Å². The van der Waals surface area contributed by atoms with Crippen molar-refractivity contribution in [3.63, 3.8) is 0 Å². The first-order valence-electron chi connectivity index (χ1n) is 10.8. The molecular weight excluding hydrogens is 516 g/mol. The van der Waals surface area contributed by atoms with Gasteiger partial charge in [-0.1, -0.05) is 29.4 Å². The number of amides is 3. The van der Waals surface area contributed by atoms with Crippen LogP contribution in [0.1, 0.15) is 12.8 Å². The maximum atomic E-state index is 12.7. The fraction of sp³-hybridized carbons (Fsp3) is 0.476. The van der Waals surface area contributed by atoms with Crippen LogP contribution in [0.25, 0.3) is 10.4 Å². The summed E-state index contributed by atoms with van der Waals surface area (Å²) in [4.78, 5) is 38.7. The van der Waals surface area contributed by atoms with Crippen molar-refractivity contribution in [2.75, 3.05) is 24.2 Å². The lowest BCUT2D eigenvalue weighted by atomic mass is 9.97. The van der Waals surface area contributed by atoms with Gasteiger partial charge in [-0.3, -0.25) is 10.1 Å². The summed E-state index contributed by atoms with van der Waals surface area (Å²) in [7, 11) is 0. The Morgan fingerprint density at radius 2 is 2.06 bits per heavy atom. The number of azide groups is 1. The lowest BCUT2D eigenvalue weighted by molar-refractivity contribution is -0.154. The van der Waals surface area contributed by atoms with Crippen molar-refractivity contribution >= 4 is 47.1 Å². The van der Waals surface area contributed by atoms with E-state index in [0.29, 0.717) is 22.9 Å². The van der Waals surface area contributed by atoms with Crippen molar-refractivity contribution in [1.82, 2.24) is 5.32 Å². The van der Waals surface area contributed by atoms with E-state index in [1.54, 1.807) is 24.3 Å². The second kappa shape index (κ2) is 15.1. The molecule has 1 aromatic carbocycles. The third-order valence-electron chi connectivity index (χ3n) is 4.80. The molecule has 2 rings (SSSR count). The molecule has 1 heterocycles. The van der Waals surface area contributed by atoms with Gasteiger partial charge < -0.3 is 30.4 Å². The van der Waals surface area contributed by atoms with E-state index in [4.69, 9.17) is 37.1 Å². The first-order valence-corrected chi connectivity index (χ1v) is 12.2. The third kappa shape index (κ3) is 9.47. The van der Waals surface area contributed by atoms with Gasteiger partial charge in [0.25, 0.3) is 0 Å². The highest BCUT2D eigenvalue weighted by Gasteiger charge is 2.48. The molecule has 0 saturated carbocycles. The molecule has 36 heavy (non-hydrogen) atoms. The molecule has 0 spiro atoms. The highest BCUT2D eigenvalue weighted by atomic mass is 35.5. The van der Waals surface area contributed by atoms with Gasteiger partial charge >= 0.3 is 12.2 Å². The molecule has 5 atom stereocenters. The Morgan fingerprint density at radius 1 is 1.33 bits per heavy atom. The van der Waals surface area contributed by atoms with Crippen LogP contribution in [0.2, 0.25) is 5.02 Å². The number of nitrogens with two attached hydrogens (primary N) is 1. The van der Waals surface area contributed by atoms with Crippen LogP contribution in [0, 0.1) is 0 Å². The van der Waals surface area contributed by atoms with Crippen LogP contribution in [0.5, 0.6) is 0 Å². The van der Waals surface area contributed by atoms with E-state index in [0.717, 1.165) is 0 Å². The second-order valence-electron chi connectivity index (χ2n) is 7.45. The topological polar surface area (TPSA) is 198 Å². The number of hydrogen-bond acceptors (Lipinski definition) is 9. The number of aliphatic hydroxyl groups is 1. The van der Waals surface area contributed by atoms with E-state index in [-0.39, 0.29) is 19.6 Å². The van der Waals surface area contributed by atoms with Crippen LogP contribution in [-0.2, 0) is 19.0 Å². The number of benzene rings is 1. The zero-order valence-electron chi connectivity index (χ0n) is 19.1. The van der Waals surface area contributed by atoms with Gasteiger partial charge in [-0.05, 0) is 42.0 Å². The number of anilines is 1. The quantitative estimate of drug-likeness (QED) is 0.101. The number of alkyl carbamates (subject to hydrolysis) is 1. The third-order valence-corrected chi connectivity index (χ3v) is 6.31. The fourth-order valence-electron chi connectivity index (χ4n) is 3.18. The highest BCUT2D eigenvalue weighted by molar-refractivity contribution is 7.99. The van der Waals surface area contributed by atoms with Gasteiger partial charge in [-0.25, -0.2) is 9.59 Å². The molecule has 1 aliphatic rings. The number of thioether (sulfide) groups is 1. The molecule has 1 saturated heterocycles. The van der Waals surface area contributed by atoms with Crippen molar-refractivity contribution in [2.45, 2.75) is 42.6 Å². The lowest BCUT2D eigenvalue weighted by Crippen LogP contribution is -2.64. The van der Waals surface area contributed by atoms with Crippen molar-refractivity contribution in [3.8, 4) is 0 Å². The van der Waals surface area contributed by atoms with Crippen LogP contribution in [0.3, 0.4) is 0 Å². The summed E-state index contributed by atoms with van der Waals surface area (Å²) >= 11 is 7.05. The van der Waals surface area contributed by atoms with Crippen molar-refractivity contribution in [3.05, 3.63) is 52.4 Å². The first kappa shape index (κ1) is 29.1. The van der Waals surface area contributed by atoms with Gasteiger partial charge in [-0.15, -0.1) is 11.8 Å². The summed E-state index contributed by atoms with van der Waals surface area (Å²) < 4.78 is 16.4. The number of rotatable bonds is 12. The standard InChI is InChI=1S/C21H27ClN6O7S/c1-2-9-33-20(31)27-16-18(35-21(32)26-13-7-5-12(22)6-8-13)17(30)14(11-25-28-24)34-19(16)36-10-3-4-15(23)29/h2,5-8,14,16-19,30H,1,3-4,9-11H2,(H2,23,29)(H,26,32)(H,27,31)/t14-,16-,17+,18-,19-/m1/s1. The van der Waals surface area contributed by atoms with Crippen LogP contribution >= 0.6 is 23.4 Å². The SMILES string of the molecule is C=CCOC(=O)N[C@@H]1[C@@H](OC(=O)Nc2ccc(Cl)cc2)[C@@H](O)[C@@H](CN=[N+]=[N-])O[C@@H]1SCCCC(N)=O. The Hall–Kier alpha value is -3.16. The second-order valence-corrected chi connectivity index (χ2v) is 9.09. The number of carbonyl (C=O) groups excluding carboxylic acids is 3. The average molecular weight is 543 g/mol. The number of aliphatic hydroxyl groups excluding tert-OH is 1. The Morgan fingerprint density at radius 3 is 2.69 bits per heavy atom. The molecule has 0 bridgehead atoms. The van der Waals surface area contributed by atoms with E-state index in [1.165, 1.54) is 17.8 Å². The van der Waals surface area contributed by atoms with Gasteiger partial charge in [0.05, 0.1) is 12.6 Å². The van der Waals surface area contributed by atoms with Crippen molar-refractivity contribution < 1.29 is 33.7 Å². The number of carbonyl (C=O) groups is 3. The van der Waals surface area contributed by atoms with E-state index in [9.17, 15) is 19.5 Å². The minimum atomic E-state index is -1.47. The zero-order chi connectivity index (χ0) is 26.5. The maximum Gasteiger partial charge on any atom is 0.412 e. The lowest BCUT2D eigenvalue weighted by Gasteiger charge is -2.43. The van der Waals surface area contributed by atoms with E-state index in [1.807, 2.05) is 0 Å². The molecule has 196 valence electrons. The predicted molar refractivity (Wildman–Crippen MR) is 133 cm³/mol. The number of primary amides is 1. The normalized spacial score (nSPS) is 23.0. The van der Waals surface area contributed by atoms with Crippen LogP contribution in [0.15, 0.2) is 42.0 Å². The molecular formula is C21H27ClN6O7S. The molecule has 1 fully saturated rings. The Bertz CT molecular complexity index is 963. The predicted octanol–water partition coefficient (Wildman–Crippen LogP) is 2.93. The Balaban J connectivity index is 2.25. The molecule has 15 heteroatoms. The minimum Gasteiger partial charge on any atom is -0.445 e. The van der Waals surface area contributed by atoms with Gasteiger partial charge in [-0.2, -0.15) is 0 Å². The van der Waals surface area contributed by atoms with E-state index >= 15 is 0 Å². The zero-order valence-corrected chi connectivity index (χ0v) is 20.7. The summed E-state index contributed by atoms with van der Waals surface area (Å²) in [5.74, 6) is -0.0822. The minimum absolute atomic E-state index is 0.0829. The smallest absolute Gasteiger partial charge is 0.412 e. The summed E-state index contributed by atoms with van der Waals surface area (Å²) in [6, 6.07) is 5.15. The molecule has 0 aromatic heterocycles. The van der Waals surface area contributed by atoms with E-state index < -0.39 is 47.9 Å². The molecule has 0 aliphatic carbocycles. The maximum absolute atomic E-state index is 12.7. The van der Waals surface area contributed by atoms with Gasteiger partial charge in [0, 0.05) is 22.0 Å². The van der Waals surface area contributed by atoms with Gasteiger partial charge in [0.2, 0.25) is 5.91 Å².